The van der Waals surface area contributed by atoms with E-state index in [1.165, 1.54) is 180 Å². The molecule has 0 fully saturated rings. The molecule has 0 saturated carbocycles. The quantitative estimate of drug-likeness (QED) is 0.0476. The summed E-state index contributed by atoms with van der Waals surface area (Å²) in [6.45, 7) is 2.30. The molecule has 0 saturated heterocycles. The highest BCUT2D eigenvalue weighted by molar-refractivity contribution is 5.68. The molecule has 2 heteroatoms. The van der Waals surface area contributed by atoms with Crippen LogP contribution in [0, 0.1) is 0 Å². The van der Waals surface area contributed by atoms with E-state index in [2.05, 4.69) is 36.0 Å². The predicted octanol–water partition coefficient (Wildman–Crippen LogP) is 13.0. The van der Waals surface area contributed by atoms with Gasteiger partial charge in [0.15, 0.2) is 0 Å². The fraction of sp³-hybridized carbons (Fsp3) is 0.865. The Kier molecular flexibility index (Phi) is 34.0. The average molecular weight is 547 g/mol. The van der Waals surface area contributed by atoms with Crippen LogP contribution in [0.3, 0.4) is 0 Å². The number of rotatable bonds is 32. The maximum Gasteiger partial charge on any atom is 0.305 e. The maximum absolute atomic E-state index is 11.1. The summed E-state index contributed by atoms with van der Waals surface area (Å²) in [6, 6.07) is 0. The first-order valence-corrected chi connectivity index (χ1v) is 17.7. The minimum absolute atomic E-state index is 0.0664. The van der Waals surface area contributed by atoms with E-state index in [9.17, 15) is 4.79 Å². The molecule has 230 valence electrons. The molecular formula is C37H70O2. The molecule has 0 amide bonds. The van der Waals surface area contributed by atoms with E-state index in [0.29, 0.717) is 6.42 Å². The summed E-state index contributed by atoms with van der Waals surface area (Å²) in [5, 5.41) is 0. The van der Waals surface area contributed by atoms with Crippen LogP contribution in [0.5, 0.6) is 0 Å². The number of hydrogen-bond donors (Lipinski definition) is 0. The first-order chi connectivity index (χ1) is 19.3. The first-order valence-electron chi connectivity index (χ1n) is 17.7. The number of hydrogen-bond acceptors (Lipinski definition) is 2. The molecule has 0 aromatic rings. The van der Waals surface area contributed by atoms with Gasteiger partial charge in [-0.2, -0.15) is 0 Å². The Labute approximate surface area is 246 Å². The SMILES string of the molecule is CCCCCCCCCCCCCCC=CCCCCCC=CCCCCCCCCCCCCC(=O)OC. The van der Waals surface area contributed by atoms with E-state index >= 15 is 0 Å². The maximum atomic E-state index is 11.1. The van der Waals surface area contributed by atoms with Gasteiger partial charge in [0, 0.05) is 6.42 Å². The Balaban J connectivity index is 3.16. The zero-order valence-electron chi connectivity index (χ0n) is 26.8. The van der Waals surface area contributed by atoms with Crippen molar-refractivity contribution >= 4 is 5.97 Å². The Morgan fingerprint density at radius 1 is 0.410 bits per heavy atom. The Bertz CT molecular complexity index is 522. The molecule has 2 nitrogen and oxygen atoms in total. The molecule has 0 bridgehead atoms. The Hall–Kier alpha value is -1.05. The summed E-state index contributed by atoms with van der Waals surface area (Å²) >= 11 is 0. The number of carbonyl (C=O) groups is 1. The smallest absolute Gasteiger partial charge is 0.305 e. The number of unbranched alkanes of at least 4 members (excludes halogenated alkanes) is 26. The van der Waals surface area contributed by atoms with E-state index in [4.69, 9.17) is 0 Å². The molecule has 0 atom stereocenters. The zero-order chi connectivity index (χ0) is 28.3. The zero-order valence-corrected chi connectivity index (χ0v) is 26.8. The third kappa shape index (κ3) is 34.9. The third-order valence-corrected chi connectivity index (χ3v) is 8.03. The first kappa shape index (κ1) is 38.0. The molecule has 0 aromatic heterocycles. The largest absolute Gasteiger partial charge is 0.469 e. The van der Waals surface area contributed by atoms with Crippen molar-refractivity contribution in [2.45, 2.75) is 200 Å². The van der Waals surface area contributed by atoms with Gasteiger partial charge < -0.3 is 4.74 Å². The standard InChI is InChI=1S/C37H70O2/c1-3-4-5-6-7-8-9-10-11-12-13-14-15-16-17-18-19-20-21-22-23-24-25-26-27-28-29-30-31-32-33-34-35-36-37(38)39-2/h16-17,23-24H,3-15,18-22,25-36H2,1-2H3. The van der Waals surface area contributed by atoms with Gasteiger partial charge in [0.25, 0.3) is 0 Å². The molecule has 0 unspecified atom stereocenters. The summed E-state index contributed by atoms with van der Waals surface area (Å²) in [4.78, 5) is 11.1. The molecule has 0 radical (unpaired) electrons. The van der Waals surface area contributed by atoms with Crippen molar-refractivity contribution in [2.24, 2.45) is 0 Å². The molecule has 0 aliphatic carbocycles. The van der Waals surface area contributed by atoms with Gasteiger partial charge in [-0.05, 0) is 57.8 Å². The van der Waals surface area contributed by atoms with Gasteiger partial charge >= 0.3 is 5.97 Å². The minimum atomic E-state index is -0.0664. The number of ether oxygens (including phenoxy) is 1. The second kappa shape index (κ2) is 35.0. The minimum Gasteiger partial charge on any atom is -0.469 e. The lowest BCUT2D eigenvalue weighted by Crippen LogP contribution is -1.99. The van der Waals surface area contributed by atoms with Crippen molar-refractivity contribution in [3.8, 4) is 0 Å². The van der Waals surface area contributed by atoms with Crippen molar-refractivity contribution in [3.05, 3.63) is 24.3 Å². The second-order valence-electron chi connectivity index (χ2n) is 11.9. The topological polar surface area (TPSA) is 26.3 Å². The average Bonchev–Trinajstić information content (AvgIpc) is 2.95. The molecular weight excluding hydrogens is 476 g/mol. The lowest BCUT2D eigenvalue weighted by molar-refractivity contribution is -0.140. The van der Waals surface area contributed by atoms with Gasteiger partial charge in [-0.25, -0.2) is 0 Å². The van der Waals surface area contributed by atoms with Crippen LogP contribution in [0.4, 0.5) is 0 Å². The van der Waals surface area contributed by atoms with E-state index in [-0.39, 0.29) is 5.97 Å². The molecule has 0 aliphatic heterocycles. The number of esters is 1. The van der Waals surface area contributed by atoms with E-state index in [1.54, 1.807) is 0 Å². The molecule has 0 rings (SSSR count). The summed E-state index contributed by atoms with van der Waals surface area (Å²) in [7, 11) is 1.47. The van der Waals surface area contributed by atoms with Crippen molar-refractivity contribution in [1.82, 2.24) is 0 Å². The normalized spacial score (nSPS) is 11.7. The van der Waals surface area contributed by atoms with Gasteiger partial charge in [-0.1, -0.05) is 160 Å². The van der Waals surface area contributed by atoms with Crippen LogP contribution in [0.1, 0.15) is 200 Å². The molecule has 0 N–H and O–H groups in total. The molecule has 0 aliphatic rings. The molecule has 0 aromatic carbocycles. The Morgan fingerprint density at radius 2 is 0.667 bits per heavy atom. The number of carbonyl (C=O) groups excluding carboxylic acids is 1. The lowest BCUT2D eigenvalue weighted by Gasteiger charge is -2.02. The number of methoxy groups -OCH3 is 1. The summed E-state index contributed by atoms with van der Waals surface area (Å²) in [5.41, 5.74) is 0. The number of allylic oxidation sites excluding steroid dienone is 4. The fourth-order valence-electron chi connectivity index (χ4n) is 5.32. The summed E-state index contributed by atoms with van der Waals surface area (Å²) in [5.74, 6) is -0.0664. The summed E-state index contributed by atoms with van der Waals surface area (Å²) in [6.07, 6.45) is 49.7. The van der Waals surface area contributed by atoms with Crippen LogP contribution in [0.25, 0.3) is 0 Å². The van der Waals surface area contributed by atoms with Gasteiger partial charge in [0.2, 0.25) is 0 Å². The van der Waals surface area contributed by atoms with E-state index < -0.39 is 0 Å². The highest BCUT2D eigenvalue weighted by atomic mass is 16.5. The van der Waals surface area contributed by atoms with Gasteiger partial charge in [-0.15, -0.1) is 0 Å². The molecule has 0 spiro atoms. The summed E-state index contributed by atoms with van der Waals surface area (Å²) < 4.78 is 4.67. The third-order valence-electron chi connectivity index (χ3n) is 8.03. The van der Waals surface area contributed by atoms with Crippen molar-refractivity contribution < 1.29 is 9.53 Å². The van der Waals surface area contributed by atoms with E-state index in [0.717, 1.165) is 12.8 Å². The molecule has 0 heterocycles. The van der Waals surface area contributed by atoms with Crippen LogP contribution in [-0.4, -0.2) is 13.1 Å². The van der Waals surface area contributed by atoms with E-state index in [1.807, 2.05) is 0 Å². The van der Waals surface area contributed by atoms with Crippen LogP contribution in [0.2, 0.25) is 0 Å². The second-order valence-corrected chi connectivity index (χ2v) is 11.9. The van der Waals surface area contributed by atoms with Gasteiger partial charge in [0.1, 0.15) is 0 Å². The predicted molar refractivity (Wildman–Crippen MR) is 174 cm³/mol. The van der Waals surface area contributed by atoms with Gasteiger partial charge in [0.05, 0.1) is 7.11 Å². The van der Waals surface area contributed by atoms with Crippen LogP contribution in [-0.2, 0) is 9.53 Å². The highest BCUT2D eigenvalue weighted by Crippen LogP contribution is 2.14. The van der Waals surface area contributed by atoms with Crippen LogP contribution < -0.4 is 0 Å². The van der Waals surface area contributed by atoms with Crippen molar-refractivity contribution in [1.29, 1.82) is 0 Å². The lowest BCUT2D eigenvalue weighted by atomic mass is 10.0. The molecule has 39 heavy (non-hydrogen) atoms. The van der Waals surface area contributed by atoms with Crippen LogP contribution in [0.15, 0.2) is 24.3 Å². The van der Waals surface area contributed by atoms with Crippen LogP contribution >= 0.6 is 0 Å². The van der Waals surface area contributed by atoms with Crippen molar-refractivity contribution in [3.63, 3.8) is 0 Å². The fourth-order valence-corrected chi connectivity index (χ4v) is 5.32. The van der Waals surface area contributed by atoms with Gasteiger partial charge in [-0.3, -0.25) is 4.79 Å². The monoisotopic (exact) mass is 547 g/mol. The highest BCUT2D eigenvalue weighted by Gasteiger charge is 1.99. The van der Waals surface area contributed by atoms with Crippen molar-refractivity contribution in [2.75, 3.05) is 7.11 Å². The Morgan fingerprint density at radius 3 is 0.974 bits per heavy atom.